The van der Waals surface area contributed by atoms with E-state index in [-0.39, 0.29) is 0 Å². The van der Waals surface area contributed by atoms with Crippen LogP contribution in [0, 0.1) is 13.8 Å². The standard InChI is InChI=1S/C26H33N7O/c1-6-8-16-32(17-9-7-2)23-15-14-21(18(3)27-23)29-25-24(20-12-10-11-13-22(20)34-5)31-33-26(25)28-19(4)30-33/h10-15H,6-9,16-17H2,1-5H3. The summed E-state index contributed by atoms with van der Waals surface area (Å²) in [5, 5.41) is 9.10. The van der Waals surface area contributed by atoms with Gasteiger partial charge in [0.2, 0.25) is 5.82 Å². The summed E-state index contributed by atoms with van der Waals surface area (Å²) in [5.74, 6) is 3.00. The number of hydrogen-bond donors (Lipinski definition) is 0. The Morgan fingerprint density at radius 1 is 0.971 bits per heavy atom. The molecule has 1 aromatic carbocycles. The van der Waals surface area contributed by atoms with Crippen LogP contribution in [0.3, 0.4) is 0 Å². The van der Waals surface area contributed by atoms with Crippen LogP contribution in [-0.4, -0.2) is 51.5 Å². The first kappa shape index (κ1) is 23.6. The minimum absolute atomic E-state index is 0.620. The second-order valence-electron chi connectivity index (χ2n) is 8.45. The topological polar surface area (TPSA) is 80.8 Å². The molecule has 34 heavy (non-hydrogen) atoms. The summed E-state index contributed by atoms with van der Waals surface area (Å²) in [6, 6.07) is 11.9. The van der Waals surface area contributed by atoms with E-state index in [0.717, 1.165) is 54.4 Å². The van der Waals surface area contributed by atoms with Crippen LogP contribution in [-0.2, 0) is 0 Å². The highest BCUT2D eigenvalue weighted by atomic mass is 16.5. The fraction of sp³-hybridized carbons (Fsp3) is 0.423. The maximum atomic E-state index is 5.58. The van der Waals surface area contributed by atoms with E-state index in [1.54, 1.807) is 11.9 Å². The first-order valence-corrected chi connectivity index (χ1v) is 12.0. The van der Waals surface area contributed by atoms with Crippen LogP contribution in [0.15, 0.2) is 46.5 Å². The van der Waals surface area contributed by atoms with Gasteiger partial charge in [-0.15, -0.1) is 15.0 Å². The van der Waals surface area contributed by atoms with Crippen molar-refractivity contribution in [3.63, 3.8) is 0 Å². The molecule has 1 aliphatic heterocycles. The number of ether oxygens (including phenoxy) is 1. The molecule has 0 saturated carbocycles. The summed E-state index contributed by atoms with van der Waals surface area (Å²) in [7, 11) is 1.65. The second-order valence-corrected chi connectivity index (χ2v) is 8.45. The lowest BCUT2D eigenvalue weighted by molar-refractivity contribution is 0.414. The second kappa shape index (κ2) is 10.6. The average molecular weight is 460 g/mol. The van der Waals surface area contributed by atoms with Crippen molar-refractivity contribution in [3.8, 4) is 5.75 Å². The third kappa shape index (κ3) is 4.85. The number of aliphatic imine (C=N–C) groups is 1. The molecule has 3 heterocycles. The van der Waals surface area contributed by atoms with Gasteiger partial charge in [-0.3, -0.25) is 0 Å². The maximum Gasteiger partial charge on any atom is 0.204 e. The van der Waals surface area contributed by atoms with Gasteiger partial charge in [-0.25, -0.2) is 15.0 Å². The molecule has 178 valence electrons. The van der Waals surface area contributed by atoms with E-state index >= 15 is 0 Å². The number of rotatable bonds is 10. The number of methoxy groups -OCH3 is 1. The van der Waals surface area contributed by atoms with Gasteiger partial charge in [0.05, 0.1) is 18.5 Å². The molecular weight excluding hydrogens is 426 g/mol. The molecule has 0 aliphatic carbocycles. The SMILES string of the molecule is CCCCN(CCCC)c1ccc(N=C2C(c3ccccc3OC)=Nn3nc(C)nc32)c(C)n1. The monoisotopic (exact) mass is 459 g/mol. The largest absolute Gasteiger partial charge is 0.496 e. The van der Waals surface area contributed by atoms with Crippen LogP contribution < -0.4 is 9.64 Å². The van der Waals surface area contributed by atoms with E-state index < -0.39 is 0 Å². The summed E-state index contributed by atoms with van der Waals surface area (Å²) in [6.07, 6.45) is 4.64. The van der Waals surface area contributed by atoms with Gasteiger partial charge in [0.1, 0.15) is 23.0 Å². The van der Waals surface area contributed by atoms with Gasteiger partial charge in [0.25, 0.3) is 0 Å². The molecule has 0 radical (unpaired) electrons. The molecule has 4 rings (SSSR count). The van der Waals surface area contributed by atoms with Gasteiger partial charge in [0.15, 0.2) is 5.82 Å². The predicted molar refractivity (Wildman–Crippen MR) is 137 cm³/mol. The molecule has 0 bridgehead atoms. The van der Waals surface area contributed by atoms with Gasteiger partial charge < -0.3 is 9.64 Å². The fourth-order valence-electron chi connectivity index (χ4n) is 3.99. The number of fused-ring (bicyclic) bond motifs is 1. The third-order valence-corrected chi connectivity index (χ3v) is 5.85. The first-order chi connectivity index (χ1) is 16.5. The maximum absolute atomic E-state index is 5.58. The number of anilines is 1. The molecule has 3 aromatic rings. The molecule has 8 nitrogen and oxygen atoms in total. The normalized spacial score (nSPS) is 13.8. The van der Waals surface area contributed by atoms with Crippen LogP contribution in [0.2, 0.25) is 0 Å². The van der Waals surface area contributed by atoms with Gasteiger partial charge in [-0.05, 0) is 51.0 Å². The molecule has 0 atom stereocenters. The lowest BCUT2D eigenvalue weighted by Crippen LogP contribution is -2.26. The molecule has 1 aliphatic rings. The summed E-state index contributed by atoms with van der Waals surface area (Å²) in [5.41, 5.74) is 3.86. The van der Waals surface area contributed by atoms with Gasteiger partial charge in [-0.2, -0.15) is 0 Å². The van der Waals surface area contributed by atoms with Crippen LogP contribution in [0.5, 0.6) is 5.75 Å². The van der Waals surface area contributed by atoms with E-state index in [1.165, 1.54) is 12.8 Å². The Labute approximate surface area is 201 Å². The fourth-order valence-corrected chi connectivity index (χ4v) is 3.99. The number of pyridine rings is 1. The number of aromatic nitrogens is 4. The minimum Gasteiger partial charge on any atom is -0.496 e. The van der Waals surface area contributed by atoms with Crippen molar-refractivity contribution in [2.75, 3.05) is 25.1 Å². The molecule has 0 N–H and O–H groups in total. The quantitative estimate of drug-likeness (QED) is 0.422. The summed E-state index contributed by atoms with van der Waals surface area (Å²) >= 11 is 0. The van der Waals surface area contributed by atoms with E-state index in [1.807, 2.05) is 44.2 Å². The zero-order valence-electron chi connectivity index (χ0n) is 20.7. The third-order valence-electron chi connectivity index (χ3n) is 5.85. The van der Waals surface area contributed by atoms with E-state index in [2.05, 4.69) is 34.9 Å². The van der Waals surface area contributed by atoms with Gasteiger partial charge >= 0.3 is 0 Å². The van der Waals surface area contributed by atoms with Crippen LogP contribution in [0.25, 0.3) is 0 Å². The van der Waals surface area contributed by atoms with Crippen molar-refractivity contribution < 1.29 is 4.74 Å². The molecule has 0 amide bonds. The lowest BCUT2D eigenvalue weighted by atomic mass is 10.0. The minimum atomic E-state index is 0.620. The van der Waals surface area contributed by atoms with E-state index in [9.17, 15) is 0 Å². The molecule has 0 fully saturated rings. The van der Waals surface area contributed by atoms with Crippen LogP contribution in [0.1, 0.15) is 62.4 Å². The van der Waals surface area contributed by atoms with Crippen molar-refractivity contribution in [2.45, 2.75) is 53.4 Å². The molecule has 2 aromatic heterocycles. The van der Waals surface area contributed by atoms with Gasteiger partial charge in [-0.1, -0.05) is 38.8 Å². The molecular formula is C26H33N7O. The van der Waals surface area contributed by atoms with Crippen molar-refractivity contribution in [2.24, 2.45) is 10.1 Å². The smallest absolute Gasteiger partial charge is 0.204 e. The van der Waals surface area contributed by atoms with Crippen LogP contribution in [0.4, 0.5) is 11.5 Å². The zero-order chi connectivity index (χ0) is 24.1. The molecule has 0 saturated heterocycles. The average Bonchev–Trinajstić information content (AvgIpc) is 3.36. The lowest BCUT2D eigenvalue weighted by Gasteiger charge is -2.24. The molecule has 0 spiro atoms. The number of para-hydroxylation sites is 1. The number of nitrogens with zero attached hydrogens (tertiary/aromatic N) is 7. The molecule has 0 unspecified atom stereocenters. The first-order valence-electron chi connectivity index (χ1n) is 12.0. The Morgan fingerprint density at radius 2 is 1.71 bits per heavy atom. The zero-order valence-corrected chi connectivity index (χ0v) is 20.7. The van der Waals surface area contributed by atoms with Crippen molar-refractivity contribution in [1.82, 2.24) is 19.9 Å². The highest BCUT2D eigenvalue weighted by molar-refractivity contribution is 6.54. The number of hydrogen-bond acceptors (Lipinski definition) is 7. The summed E-state index contributed by atoms with van der Waals surface area (Å²) in [4.78, 5) is 18.4. The van der Waals surface area contributed by atoms with E-state index in [0.29, 0.717) is 23.1 Å². The summed E-state index contributed by atoms with van der Waals surface area (Å²) < 4.78 is 5.58. The Hall–Kier alpha value is -3.55. The number of benzene rings is 1. The Morgan fingerprint density at radius 3 is 2.38 bits per heavy atom. The Kier molecular flexibility index (Phi) is 7.35. The van der Waals surface area contributed by atoms with E-state index in [4.69, 9.17) is 19.8 Å². The number of unbranched alkanes of at least 4 members (excludes halogenated alkanes) is 2. The highest BCUT2D eigenvalue weighted by Crippen LogP contribution is 2.28. The predicted octanol–water partition coefficient (Wildman–Crippen LogP) is 5.09. The Bertz CT molecular complexity index is 1200. The van der Waals surface area contributed by atoms with Gasteiger partial charge in [0, 0.05) is 18.7 Å². The summed E-state index contributed by atoms with van der Waals surface area (Å²) in [6.45, 7) is 10.3. The van der Waals surface area contributed by atoms with Crippen molar-refractivity contribution >= 4 is 22.9 Å². The molecule has 8 heteroatoms. The number of aryl methyl sites for hydroxylation is 2. The van der Waals surface area contributed by atoms with Crippen LogP contribution >= 0.6 is 0 Å². The highest BCUT2D eigenvalue weighted by Gasteiger charge is 2.29. The van der Waals surface area contributed by atoms with Crippen molar-refractivity contribution in [1.29, 1.82) is 0 Å². The Balaban J connectivity index is 1.73. The van der Waals surface area contributed by atoms with Crippen molar-refractivity contribution in [3.05, 3.63) is 59.3 Å².